The van der Waals surface area contributed by atoms with Gasteiger partial charge in [-0.15, -0.1) is 0 Å². The van der Waals surface area contributed by atoms with Crippen LogP contribution >= 0.6 is 11.5 Å². The number of hydrogen-bond donors (Lipinski definition) is 1. The third kappa shape index (κ3) is 1.87. The van der Waals surface area contributed by atoms with Crippen LogP contribution in [0.1, 0.15) is 10.4 Å². The fourth-order valence-electron chi connectivity index (χ4n) is 1.27. The third-order valence-electron chi connectivity index (χ3n) is 1.93. The smallest absolute Gasteiger partial charge is 0.336 e. The van der Waals surface area contributed by atoms with Gasteiger partial charge >= 0.3 is 5.97 Å². The molecule has 0 fully saturated rings. The molecule has 0 aliphatic rings. The van der Waals surface area contributed by atoms with Crippen LogP contribution in [0.2, 0.25) is 0 Å². The first kappa shape index (κ1) is 9.79. The van der Waals surface area contributed by atoms with Gasteiger partial charge in [-0.1, -0.05) is 0 Å². The zero-order valence-corrected chi connectivity index (χ0v) is 8.29. The quantitative estimate of drug-likeness (QED) is 0.851. The fourth-order valence-corrected chi connectivity index (χ4v) is 1.79. The molecule has 5 heteroatoms. The first-order chi connectivity index (χ1) is 7.18. The Labute approximate surface area is 89.0 Å². The van der Waals surface area contributed by atoms with Gasteiger partial charge in [-0.05, 0) is 35.8 Å². The molecule has 3 nitrogen and oxygen atoms in total. The van der Waals surface area contributed by atoms with Gasteiger partial charge in [0.2, 0.25) is 0 Å². The molecule has 0 atom stereocenters. The lowest BCUT2D eigenvalue weighted by molar-refractivity contribution is 0.0697. The van der Waals surface area contributed by atoms with Gasteiger partial charge in [0.1, 0.15) is 5.82 Å². The van der Waals surface area contributed by atoms with Gasteiger partial charge in [0.25, 0.3) is 0 Å². The predicted octanol–water partition coefficient (Wildman–Crippen LogP) is 2.65. The van der Waals surface area contributed by atoms with Crippen molar-refractivity contribution >= 4 is 17.5 Å². The number of rotatable bonds is 2. The molecule has 0 aliphatic heterocycles. The summed E-state index contributed by atoms with van der Waals surface area (Å²) in [5, 5.41) is 10.6. The molecule has 0 radical (unpaired) electrons. The van der Waals surface area contributed by atoms with Crippen molar-refractivity contribution in [1.82, 2.24) is 4.37 Å². The average Bonchev–Trinajstić information content (AvgIpc) is 2.69. The molecule has 2 aromatic rings. The first-order valence-corrected chi connectivity index (χ1v) is 4.96. The highest BCUT2D eigenvalue weighted by Gasteiger charge is 2.13. The SMILES string of the molecule is O=C(O)c1ccc(F)cc1-c1ccsn1. The van der Waals surface area contributed by atoms with E-state index in [9.17, 15) is 9.18 Å². The predicted molar refractivity (Wildman–Crippen MR) is 54.5 cm³/mol. The van der Waals surface area contributed by atoms with Crippen molar-refractivity contribution in [3.63, 3.8) is 0 Å². The molecule has 0 spiro atoms. The maximum Gasteiger partial charge on any atom is 0.336 e. The lowest BCUT2D eigenvalue weighted by Crippen LogP contribution is -2.00. The van der Waals surface area contributed by atoms with Crippen LogP contribution in [0.15, 0.2) is 29.6 Å². The summed E-state index contributed by atoms with van der Waals surface area (Å²) in [4.78, 5) is 10.9. The Hall–Kier alpha value is -1.75. The van der Waals surface area contributed by atoms with E-state index in [1.807, 2.05) is 0 Å². The van der Waals surface area contributed by atoms with E-state index in [2.05, 4.69) is 4.37 Å². The van der Waals surface area contributed by atoms with Gasteiger partial charge in [0, 0.05) is 10.9 Å². The summed E-state index contributed by atoms with van der Waals surface area (Å²) in [6.07, 6.45) is 0. The van der Waals surface area contributed by atoms with E-state index in [1.165, 1.54) is 23.7 Å². The molecule has 0 amide bonds. The number of nitrogens with zero attached hydrogens (tertiary/aromatic N) is 1. The number of benzene rings is 1. The van der Waals surface area contributed by atoms with Gasteiger partial charge in [-0.2, -0.15) is 4.37 Å². The summed E-state index contributed by atoms with van der Waals surface area (Å²) >= 11 is 1.20. The van der Waals surface area contributed by atoms with E-state index in [-0.39, 0.29) is 5.56 Å². The molecule has 1 aromatic heterocycles. The second-order valence-electron chi connectivity index (χ2n) is 2.88. The van der Waals surface area contributed by atoms with Crippen LogP contribution in [0, 0.1) is 5.82 Å². The zero-order valence-electron chi connectivity index (χ0n) is 7.48. The van der Waals surface area contributed by atoms with Crippen LogP contribution in [-0.4, -0.2) is 15.4 Å². The second-order valence-corrected chi connectivity index (χ2v) is 3.55. The van der Waals surface area contributed by atoms with E-state index in [1.54, 1.807) is 11.4 Å². The molecule has 1 heterocycles. The monoisotopic (exact) mass is 223 g/mol. The number of carboxylic acids is 1. The fraction of sp³-hybridized carbons (Fsp3) is 0. The Morgan fingerprint density at radius 3 is 2.80 bits per heavy atom. The lowest BCUT2D eigenvalue weighted by Gasteiger charge is -2.02. The molecule has 1 N–H and O–H groups in total. The maximum atomic E-state index is 13.0. The molecule has 15 heavy (non-hydrogen) atoms. The van der Waals surface area contributed by atoms with Crippen molar-refractivity contribution in [2.45, 2.75) is 0 Å². The molecule has 2 rings (SSSR count). The van der Waals surface area contributed by atoms with Crippen LogP contribution in [0.5, 0.6) is 0 Å². The number of carbonyl (C=O) groups is 1. The van der Waals surface area contributed by atoms with Crippen LogP contribution in [0.4, 0.5) is 4.39 Å². The highest BCUT2D eigenvalue weighted by Crippen LogP contribution is 2.24. The summed E-state index contributed by atoms with van der Waals surface area (Å²) in [6.45, 7) is 0. The van der Waals surface area contributed by atoms with Gasteiger partial charge in [-0.3, -0.25) is 0 Å². The standard InChI is InChI=1S/C10H6FNO2S/c11-6-1-2-7(10(13)14)8(5-6)9-3-4-15-12-9/h1-5H,(H,13,14). The summed E-state index contributed by atoms with van der Waals surface area (Å²) in [5.41, 5.74) is 0.850. The van der Waals surface area contributed by atoms with E-state index >= 15 is 0 Å². The largest absolute Gasteiger partial charge is 0.478 e. The second kappa shape index (κ2) is 3.78. The lowest BCUT2D eigenvalue weighted by atomic mass is 10.0. The van der Waals surface area contributed by atoms with Crippen molar-refractivity contribution in [2.75, 3.05) is 0 Å². The normalized spacial score (nSPS) is 10.2. The highest BCUT2D eigenvalue weighted by atomic mass is 32.1. The van der Waals surface area contributed by atoms with E-state index in [4.69, 9.17) is 5.11 Å². The summed E-state index contributed by atoms with van der Waals surface area (Å²) in [6, 6.07) is 5.20. The number of halogens is 1. The van der Waals surface area contributed by atoms with Crippen molar-refractivity contribution in [1.29, 1.82) is 0 Å². The Kier molecular flexibility index (Phi) is 2.47. The minimum absolute atomic E-state index is 0.0577. The molecule has 0 bridgehead atoms. The van der Waals surface area contributed by atoms with Crippen LogP contribution in [0.25, 0.3) is 11.3 Å². The van der Waals surface area contributed by atoms with Crippen LogP contribution < -0.4 is 0 Å². The molecule has 76 valence electrons. The van der Waals surface area contributed by atoms with Crippen molar-refractivity contribution in [3.05, 3.63) is 41.0 Å². The van der Waals surface area contributed by atoms with Gasteiger partial charge in [0.05, 0.1) is 11.3 Å². The minimum Gasteiger partial charge on any atom is -0.478 e. The number of aromatic carboxylic acids is 1. The maximum absolute atomic E-state index is 13.0. The van der Waals surface area contributed by atoms with Crippen LogP contribution in [0.3, 0.4) is 0 Å². The molecule has 0 saturated carbocycles. The van der Waals surface area contributed by atoms with E-state index in [0.717, 1.165) is 6.07 Å². The van der Waals surface area contributed by atoms with E-state index in [0.29, 0.717) is 11.3 Å². The molecule has 0 aliphatic carbocycles. The minimum atomic E-state index is -1.09. The summed E-state index contributed by atoms with van der Waals surface area (Å²) in [5.74, 6) is -1.55. The molecule has 0 unspecified atom stereocenters. The topological polar surface area (TPSA) is 50.2 Å². The Morgan fingerprint density at radius 2 is 2.20 bits per heavy atom. The van der Waals surface area contributed by atoms with Crippen molar-refractivity contribution < 1.29 is 14.3 Å². The number of hydrogen-bond acceptors (Lipinski definition) is 3. The summed E-state index contributed by atoms with van der Waals surface area (Å²) < 4.78 is 17.0. The molecular weight excluding hydrogens is 217 g/mol. The number of aromatic nitrogens is 1. The van der Waals surface area contributed by atoms with Crippen molar-refractivity contribution in [2.24, 2.45) is 0 Å². The first-order valence-electron chi connectivity index (χ1n) is 4.12. The van der Waals surface area contributed by atoms with Crippen molar-refractivity contribution in [3.8, 4) is 11.3 Å². The molecular formula is C10H6FNO2S. The average molecular weight is 223 g/mol. The number of carboxylic acid groups (broad SMARTS) is 1. The Bertz CT molecular complexity index is 496. The molecule has 1 aromatic carbocycles. The van der Waals surface area contributed by atoms with Gasteiger partial charge < -0.3 is 5.11 Å². The van der Waals surface area contributed by atoms with E-state index < -0.39 is 11.8 Å². The third-order valence-corrected chi connectivity index (χ3v) is 2.49. The molecule has 0 saturated heterocycles. The summed E-state index contributed by atoms with van der Waals surface area (Å²) in [7, 11) is 0. The van der Waals surface area contributed by atoms with Gasteiger partial charge in [0.15, 0.2) is 0 Å². The van der Waals surface area contributed by atoms with Gasteiger partial charge in [-0.25, -0.2) is 9.18 Å². The Balaban J connectivity index is 2.63. The Morgan fingerprint density at radius 1 is 1.40 bits per heavy atom. The zero-order chi connectivity index (χ0) is 10.8. The highest BCUT2D eigenvalue weighted by molar-refractivity contribution is 7.03. The van der Waals surface area contributed by atoms with Crippen LogP contribution in [-0.2, 0) is 0 Å².